The summed E-state index contributed by atoms with van der Waals surface area (Å²) in [4.78, 5) is 35.4. The molecule has 5 aromatic carbocycles. The maximum atomic E-state index is 9.99. The first-order valence-corrected chi connectivity index (χ1v) is 19.4. The van der Waals surface area contributed by atoms with Crippen LogP contribution in [0.25, 0.3) is 11.1 Å². The number of allylic oxidation sites excluding steroid dienone is 4. The topological polar surface area (TPSA) is 149 Å². The van der Waals surface area contributed by atoms with Gasteiger partial charge < -0.3 is 40.7 Å². The zero-order chi connectivity index (χ0) is 44.8. The molecule has 0 aliphatic heterocycles. The van der Waals surface area contributed by atoms with E-state index in [1.807, 2.05) is 46.1 Å². The lowest BCUT2D eigenvalue weighted by molar-refractivity contribution is -0.107. The summed E-state index contributed by atoms with van der Waals surface area (Å²) in [7, 11) is 9.04. The molecule has 10 heteroatoms. The number of aldehydes is 1. The monoisotopic (exact) mass is 816 g/mol. The molecule has 10 nitrogen and oxygen atoms in total. The SMILES string of the molecule is C=O.CC(C1=CC=CCC1)c1ccccc1-c1ccccc1.CC=O.CNC.CN[C@@H](Cc1ccccc1)c1ccc(OC)cc1.COc1ccc(NC=O)cc1.NC=O. The van der Waals surface area contributed by atoms with Gasteiger partial charge in [0.15, 0.2) is 0 Å². The molecule has 6 rings (SSSR count). The van der Waals surface area contributed by atoms with E-state index in [0.717, 1.165) is 29.9 Å². The first-order valence-electron chi connectivity index (χ1n) is 19.4. The van der Waals surface area contributed by atoms with Gasteiger partial charge in [0.1, 0.15) is 24.6 Å². The van der Waals surface area contributed by atoms with Crippen LogP contribution in [0.2, 0.25) is 0 Å². The summed E-state index contributed by atoms with van der Waals surface area (Å²) in [5.74, 6) is 2.16. The van der Waals surface area contributed by atoms with Gasteiger partial charge in [-0.25, -0.2) is 0 Å². The molecular formula is C50H64N4O6. The van der Waals surface area contributed by atoms with Crippen LogP contribution in [-0.2, 0) is 25.6 Å². The van der Waals surface area contributed by atoms with Gasteiger partial charge in [-0.2, -0.15) is 0 Å². The minimum atomic E-state index is 0.250. The van der Waals surface area contributed by atoms with Crippen LogP contribution in [0.4, 0.5) is 5.69 Å². The molecule has 5 N–H and O–H groups in total. The van der Waals surface area contributed by atoms with E-state index in [4.69, 9.17) is 23.9 Å². The van der Waals surface area contributed by atoms with E-state index in [-0.39, 0.29) is 6.41 Å². The third kappa shape index (κ3) is 21.8. The van der Waals surface area contributed by atoms with E-state index in [9.17, 15) is 4.79 Å². The number of benzene rings is 5. The van der Waals surface area contributed by atoms with Gasteiger partial charge in [-0.1, -0.05) is 128 Å². The molecule has 0 saturated heterocycles. The van der Waals surface area contributed by atoms with Crippen LogP contribution in [0.15, 0.2) is 157 Å². The number of ether oxygens (including phenoxy) is 2. The minimum Gasteiger partial charge on any atom is -0.497 e. The Morgan fingerprint density at radius 1 is 0.733 bits per heavy atom. The first kappa shape index (κ1) is 53.4. The smallest absolute Gasteiger partial charge is 0.211 e. The third-order valence-electron chi connectivity index (χ3n) is 8.58. The standard InChI is InChI=1S/C20H20.C16H19NO.C8H9NO2.C2H7N.C2H4O.CH3NO.CH2O/c1-16(17-10-4-2-5-11-17)19-14-8-9-15-20(19)18-12-6-3-7-13-18;1-17-16(12-13-6-4-3-5-7-13)14-8-10-15(18-2)11-9-14;1-11-8-4-2-7(3-5-8)9-6-10;1-3-2;1-2-3;2-1-3;1-2/h2-4,6-10,12-16H,5,11H2,1H3;3-11,16-17H,12H2,1-2H3;2-6H,1H3,(H,9,10);3H,1-2H3;2H,1H3;1H,(H2,2,3);1H2/t;16-;;;;;/m.0...../s1. The largest absolute Gasteiger partial charge is 0.497 e. The van der Waals surface area contributed by atoms with Crippen molar-refractivity contribution in [3.8, 4) is 22.6 Å². The predicted octanol–water partition coefficient (Wildman–Crippen LogP) is 9.15. The summed E-state index contributed by atoms with van der Waals surface area (Å²) in [6, 6.07) is 45.7. The Labute approximate surface area is 357 Å². The number of amides is 2. The zero-order valence-electron chi connectivity index (χ0n) is 36.2. The van der Waals surface area contributed by atoms with Crippen molar-refractivity contribution in [1.82, 2.24) is 10.6 Å². The lowest BCUT2D eigenvalue weighted by Crippen LogP contribution is -2.18. The van der Waals surface area contributed by atoms with Crippen LogP contribution in [-0.4, -0.2) is 61.3 Å². The molecule has 0 bridgehead atoms. The number of rotatable bonds is 11. The molecule has 1 aliphatic carbocycles. The Kier molecular flexibility index (Phi) is 31.6. The van der Waals surface area contributed by atoms with Crippen molar-refractivity contribution in [2.45, 2.75) is 45.1 Å². The van der Waals surface area contributed by atoms with Crippen LogP contribution in [0.1, 0.15) is 55.3 Å². The van der Waals surface area contributed by atoms with E-state index in [1.54, 1.807) is 38.5 Å². The van der Waals surface area contributed by atoms with Crippen LogP contribution in [0.3, 0.4) is 0 Å². The predicted molar refractivity (Wildman–Crippen MR) is 248 cm³/mol. The fourth-order valence-electron chi connectivity index (χ4n) is 5.76. The third-order valence-corrected chi connectivity index (χ3v) is 8.58. The second-order valence-electron chi connectivity index (χ2n) is 12.5. The first-order chi connectivity index (χ1) is 29.3. The zero-order valence-corrected chi connectivity index (χ0v) is 36.2. The van der Waals surface area contributed by atoms with Gasteiger partial charge in [0.05, 0.1) is 14.2 Å². The molecule has 5 aromatic rings. The molecule has 2 atom stereocenters. The van der Waals surface area contributed by atoms with Crippen molar-refractivity contribution in [2.24, 2.45) is 5.73 Å². The second kappa shape index (κ2) is 35.5. The highest BCUT2D eigenvalue weighted by Crippen LogP contribution is 2.35. The molecular weight excluding hydrogens is 753 g/mol. The van der Waals surface area contributed by atoms with Crippen molar-refractivity contribution >= 4 is 31.6 Å². The number of hydrogen-bond acceptors (Lipinski definition) is 8. The highest BCUT2D eigenvalue weighted by Gasteiger charge is 2.16. The highest BCUT2D eigenvalue weighted by atomic mass is 16.5. The molecule has 2 amide bonds. The normalized spacial score (nSPS) is 11.3. The highest BCUT2D eigenvalue weighted by molar-refractivity contribution is 5.71. The van der Waals surface area contributed by atoms with Gasteiger partial charge >= 0.3 is 0 Å². The van der Waals surface area contributed by atoms with E-state index in [1.165, 1.54) is 53.2 Å². The van der Waals surface area contributed by atoms with E-state index >= 15 is 0 Å². The van der Waals surface area contributed by atoms with E-state index in [0.29, 0.717) is 18.4 Å². The summed E-state index contributed by atoms with van der Waals surface area (Å²) < 4.78 is 10.1. The van der Waals surface area contributed by atoms with Crippen LogP contribution in [0, 0.1) is 0 Å². The molecule has 320 valence electrons. The van der Waals surface area contributed by atoms with Crippen LogP contribution >= 0.6 is 0 Å². The van der Waals surface area contributed by atoms with Crippen molar-refractivity contribution in [3.05, 3.63) is 174 Å². The number of likely N-dealkylation sites (N-methyl/N-ethyl adjacent to an activating group) is 1. The summed E-state index contributed by atoms with van der Waals surface area (Å²) in [5, 5.41) is 8.64. The van der Waals surface area contributed by atoms with Crippen molar-refractivity contribution in [1.29, 1.82) is 0 Å². The van der Waals surface area contributed by atoms with E-state index < -0.39 is 0 Å². The molecule has 0 aromatic heterocycles. The fourth-order valence-corrected chi connectivity index (χ4v) is 5.76. The fraction of sp³-hybridized carbons (Fsp3) is 0.240. The van der Waals surface area contributed by atoms with Gasteiger partial charge in [-0.3, -0.25) is 9.59 Å². The molecule has 60 heavy (non-hydrogen) atoms. The molecule has 0 spiro atoms. The Morgan fingerprint density at radius 2 is 1.22 bits per heavy atom. The number of hydrogen-bond donors (Lipinski definition) is 4. The summed E-state index contributed by atoms with van der Waals surface area (Å²) >= 11 is 0. The molecule has 0 fully saturated rings. The van der Waals surface area contributed by atoms with Crippen molar-refractivity contribution in [2.75, 3.05) is 40.7 Å². The molecule has 0 heterocycles. The summed E-state index contributed by atoms with van der Waals surface area (Å²) in [5.41, 5.74) is 13.2. The number of primary amides is 1. The Hall–Kier alpha value is -6.62. The number of methoxy groups -OCH3 is 2. The quantitative estimate of drug-likeness (QED) is 0.0965. The van der Waals surface area contributed by atoms with Gasteiger partial charge in [0, 0.05) is 17.6 Å². The number of anilines is 1. The number of nitrogens with two attached hydrogens (primary N) is 1. The molecule has 0 radical (unpaired) electrons. The average Bonchev–Trinajstić information content (AvgIpc) is 3.31. The maximum absolute atomic E-state index is 9.99. The van der Waals surface area contributed by atoms with E-state index in [2.05, 4.69) is 138 Å². The Balaban J connectivity index is 0.000000796. The molecule has 0 saturated carbocycles. The molecule has 1 unspecified atom stereocenters. The average molecular weight is 817 g/mol. The van der Waals surface area contributed by atoms with Gasteiger partial charge in [-0.15, -0.1) is 0 Å². The number of carbonyl (C=O) groups is 4. The Morgan fingerprint density at radius 3 is 1.68 bits per heavy atom. The summed E-state index contributed by atoms with van der Waals surface area (Å²) in [6.45, 7) is 5.77. The maximum Gasteiger partial charge on any atom is 0.211 e. The molecule has 1 aliphatic rings. The lowest BCUT2D eigenvalue weighted by atomic mass is 9.84. The number of nitrogens with one attached hydrogen (secondary N) is 3. The second-order valence-corrected chi connectivity index (χ2v) is 12.5. The summed E-state index contributed by atoms with van der Waals surface area (Å²) in [6.07, 6.45) is 11.7. The van der Waals surface area contributed by atoms with Crippen molar-refractivity contribution in [3.63, 3.8) is 0 Å². The van der Waals surface area contributed by atoms with Crippen LogP contribution in [0.5, 0.6) is 11.5 Å². The lowest BCUT2D eigenvalue weighted by Gasteiger charge is -2.21. The van der Waals surface area contributed by atoms with Crippen molar-refractivity contribution < 1.29 is 28.7 Å². The van der Waals surface area contributed by atoms with Gasteiger partial charge in [-0.05, 0) is 112 Å². The minimum absolute atomic E-state index is 0.250. The van der Waals surface area contributed by atoms with Crippen LogP contribution < -0.4 is 31.2 Å². The Bertz CT molecular complexity index is 1880. The van der Waals surface area contributed by atoms with Gasteiger partial charge in [0.2, 0.25) is 12.8 Å². The van der Waals surface area contributed by atoms with Gasteiger partial charge in [0.25, 0.3) is 0 Å². The number of carbonyl (C=O) groups excluding carboxylic acids is 4.